The highest BCUT2D eigenvalue weighted by molar-refractivity contribution is 5.90. The molecular weight excluding hydrogens is 160 g/mol. The zero-order valence-corrected chi connectivity index (χ0v) is 6.18. The van der Waals surface area contributed by atoms with Crippen molar-refractivity contribution in [3.63, 3.8) is 0 Å². The molecule has 0 aliphatic rings. The van der Waals surface area contributed by atoms with Gasteiger partial charge in [-0.15, -0.1) is 0 Å². The highest BCUT2D eigenvalue weighted by Gasteiger charge is 1.95. The van der Waals surface area contributed by atoms with Crippen molar-refractivity contribution in [2.45, 2.75) is 0 Å². The van der Waals surface area contributed by atoms with Gasteiger partial charge in [0.1, 0.15) is 5.69 Å². The third-order valence-electron chi connectivity index (χ3n) is 0.917. The summed E-state index contributed by atoms with van der Waals surface area (Å²) in [6.45, 7) is -0.250. The number of pyridine rings is 1. The van der Waals surface area contributed by atoms with Crippen molar-refractivity contribution in [3.05, 3.63) is 30.1 Å². The molecule has 0 saturated carbocycles. The van der Waals surface area contributed by atoms with Gasteiger partial charge in [-0.3, -0.25) is 14.6 Å². The first-order valence-electron chi connectivity index (χ1n) is 3.01. The summed E-state index contributed by atoms with van der Waals surface area (Å²) < 4.78 is 0. The van der Waals surface area contributed by atoms with Gasteiger partial charge in [0.05, 0.1) is 0 Å². The lowest BCUT2D eigenvalue weighted by Gasteiger charge is -1.88. The molecule has 0 spiro atoms. The minimum atomic E-state index is -0.490. The molecule has 12 heavy (non-hydrogen) atoms. The van der Waals surface area contributed by atoms with E-state index in [4.69, 9.17) is 15.6 Å². The molecular formula is C7H8N2O3. The van der Waals surface area contributed by atoms with Crippen molar-refractivity contribution in [2.24, 2.45) is 5.73 Å². The number of hydrogen-bond acceptors (Lipinski definition) is 3. The molecule has 0 fully saturated rings. The van der Waals surface area contributed by atoms with E-state index in [1.54, 1.807) is 18.2 Å². The summed E-state index contributed by atoms with van der Waals surface area (Å²) in [6, 6.07) is 5.02. The molecule has 1 aromatic heterocycles. The molecule has 5 heteroatoms. The molecule has 0 unspecified atom stereocenters. The molecule has 0 aliphatic carbocycles. The monoisotopic (exact) mass is 168 g/mol. The Hall–Kier alpha value is -1.91. The summed E-state index contributed by atoms with van der Waals surface area (Å²) in [4.78, 5) is 22.4. The fourth-order valence-corrected chi connectivity index (χ4v) is 0.509. The topological polar surface area (TPSA) is 93.3 Å². The molecule has 5 nitrogen and oxygen atoms in total. The lowest BCUT2D eigenvalue weighted by Crippen LogP contribution is -2.12. The summed E-state index contributed by atoms with van der Waals surface area (Å²) >= 11 is 0. The van der Waals surface area contributed by atoms with Gasteiger partial charge in [0.2, 0.25) is 0 Å². The first kappa shape index (κ1) is 10.1. The van der Waals surface area contributed by atoms with Crippen LogP contribution in [-0.2, 0) is 4.79 Å². The van der Waals surface area contributed by atoms with Crippen LogP contribution in [0.2, 0.25) is 0 Å². The van der Waals surface area contributed by atoms with Crippen molar-refractivity contribution in [1.82, 2.24) is 4.98 Å². The Kier molecular flexibility index (Phi) is 4.91. The third-order valence-corrected chi connectivity index (χ3v) is 0.917. The highest BCUT2D eigenvalue weighted by atomic mass is 16.3. The number of carboxylic acid groups (broad SMARTS) is 1. The van der Waals surface area contributed by atoms with E-state index in [1.165, 1.54) is 6.20 Å². The zero-order valence-electron chi connectivity index (χ0n) is 6.18. The maximum absolute atomic E-state index is 10.4. The molecule has 0 atom stereocenters. The molecule has 1 aromatic rings. The highest BCUT2D eigenvalue weighted by Crippen LogP contribution is 1.88. The molecule has 0 radical (unpaired) electrons. The molecule has 3 N–H and O–H groups in total. The first-order valence-corrected chi connectivity index (χ1v) is 3.01. The number of nitrogens with zero attached hydrogens (tertiary/aromatic N) is 1. The van der Waals surface area contributed by atoms with Gasteiger partial charge in [0, 0.05) is 6.20 Å². The van der Waals surface area contributed by atoms with E-state index < -0.39 is 5.91 Å². The minimum Gasteiger partial charge on any atom is -0.483 e. The molecule has 1 heterocycles. The van der Waals surface area contributed by atoms with Crippen molar-refractivity contribution in [3.8, 4) is 0 Å². The second-order valence-corrected chi connectivity index (χ2v) is 1.68. The van der Waals surface area contributed by atoms with Gasteiger partial charge >= 0.3 is 0 Å². The minimum absolute atomic E-state index is 0.250. The molecule has 0 bridgehead atoms. The number of nitrogens with two attached hydrogens (primary N) is 1. The van der Waals surface area contributed by atoms with Gasteiger partial charge < -0.3 is 10.8 Å². The third kappa shape index (κ3) is 3.99. The van der Waals surface area contributed by atoms with Crippen LogP contribution in [0, 0.1) is 0 Å². The number of hydrogen-bond donors (Lipinski definition) is 2. The lowest BCUT2D eigenvalue weighted by molar-refractivity contribution is -0.122. The van der Waals surface area contributed by atoms with Crippen LogP contribution in [0.1, 0.15) is 10.5 Å². The van der Waals surface area contributed by atoms with Crippen molar-refractivity contribution in [1.29, 1.82) is 0 Å². The number of carbonyl (C=O) groups is 2. The molecule has 0 aliphatic heterocycles. The maximum atomic E-state index is 10.4. The van der Waals surface area contributed by atoms with Gasteiger partial charge in [0.25, 0.3) is 12.4 Å². The molecule has 0 saturated heterocycles. The SMILES string of the molecule is NC(=O)c1ccccn1.O=CO. The van der Waals surface area contributed by atoms with Crippen molar-refractivity contribution < 1.29 is 14.7 Å². The molecule has 0 aromatic carbocycles. The Morgan fingerprint density at radius 3 is 2.42 bits per heavy atom. The Balaban J connectivity index is 0.000000354. The average molecular weight is 168 g/mol. The predicted octanol–water partition coefficient (Wildman–Crippen LogP) is -0.119. The number of rotatable bonds is 1. The van der Waals surface area contributed by atoms with E-state index >= 15 is 0 Å². The van der Waals surface area contributed by atoms with E-state index in [-0.39, 0.29) is 6.47 Å². The Bertz CT molecular complexity index is 248. The Morgan fingerprint density at radius 1 is 1.58 bits per heavy atom. The van der Waals surface area contributed by atoms with Gasteiger partial charge in [-0.05, 0) is 12.1 Å². The smallest absolute Gasteiger partial charge is 0.290 e. The Labute approximate surface area is 68.8 Å². The number of amides is 1. The number of aromatic nitrogens is 1. The largest absolute Gasteiger partial charge is 0.483 e. The van der Waals surface area contributed by atoms with Crippen LogP contribution < -0.4 is 5.73 Å². The van der Waals surface area contributed by atoms with Crippen LogP contribution in [0.4, 0.5) is 0 Å². The zero-order chi connectivity index (χ0) is 9.40. The quantitative estimate of drug-likeness (QED) is 0.571. The molecule has 1 amide bonds. The number of primary amides is 1. The normalized spacial score (nSPS) is 7.67. The van der Waals surface area contributed by atoms with E-state index in [2.05, 4.69) is 4.98 Å². The van der Waals surface area contributed by atoms with Crippen LogP contribution >= 0.6 is 0 Å². The summed E-state index contributed by atoms with van der Waals surface area (Å²) in [6.07, 6.45) is 1.53. The van der Waals surface area contributed by atoms with Crippen LogP contribution in [0.15, 0.2) is 24.4 Å². The fourth-order valence-electron chi connectivity index (χ4n) is 0.509. The van der Waals surface area contributed by atoms with Crippen LogP contribution in [0.5, 0.6) is 0 Å². The van der Waals surface area contributed by atoms with E-state index in [9.17, 15) is 4.79 Å². The second-order valence-electron chi connectivity index (χ2n) is 1.68. The van der Waals surface area contributed by atoms with E-state index in [1.807, 2.05) is 0 Å². The van der Waals surface area contributed by atoms with Crippen LogP contribution in [-0.4, -0.2) is 22.5 Å². The lowest BCUT2D eigenvalue weighted by atomic mass is 10.3. The van der Waals surface area contributed by atoms with Gasteiger partial charge in [-0.1, -0.05) is 6.07 Å². The van der Waals surface area contributed by atoms with Gasteiger partial charge in [0.15, 0.2) is 0 Å². The summed E-state index contributed by atoms with van der Waals surface area (Å²) in [5, 5.41) is 6.89. The van der Waals surface area contributed by atoms with E-state index in [0.29, 0.717) is 5.69 Å². The molecule has 1 rings (SSSR count). The summed E-state index contributed by atoms with van der Waals surface area (Å²) in [7, 11) is 0. The van der Waals surface area contributed by atoms with Gasteiger partial charge in [-0.2, -0.15) is 0 Å². The number of carbonyl (C=O) groups excluding carboxylic acids is 1. The molecule has 64 valence electrons. The summed E-state index contributed by atoms with van der Waals surface area (Å²) in [5.74, 6) is -0.490. The first-order chi connectivity index (χ1) is 5.72. The standard InChI is InChI=1S/C6H6N2O.CH2O2/c7-6(9)5-3-1-2-4-8-5;2-1-3/h1-4H,(H2,7,9);1H,(H,2,3). The fraction of sp³-hybridized carbons (Fsp3) is 0. The van der Waals surface area contributed by atoms with Crippen LogP contribution in [0.25, 0.3) is 0 Å². The average Bonchev–Trinajstić information content (AvgIpc) is 2.07. The van der Waals surface area contributed by atoms with Crippen molar-refractivity contribution in [2.75, 3.05) is 0 Å². The second kappa shape index (κ2) is 5.84. The predicted molar refractivity (Wildman–Crippen MR) is 41.4 cm³/mol. The van der Waals surface area contributed by atoms with Gasteiger partial charge in [-0.25, -0.2) is 0 Å². The van der Waals surface area contributed by atoms with E-state index in [0.717, 1.165) is 0 Å². The van der Waals surface area contributed by atoms with Crippen molar-refractivity contribution >= 4 is 12.4 Å². The summed E-state index contributed by atoms with van der Waals surface area (Å²) in [5.41, 5.74) is 5.22. The maximum Gasteiger partial charge on any atom is 0.290 e. The van der Waals surface area contributed by atoms with Crippen LogP contribution in [0.3, 0.4) is 0 Å². The Morgan fingerprint density at radius 2 is 2.17 bits per heavy atom.